The molecule has 1 unspecified atom stereocenters. The van der Waals surface area contributed by atoms with Crippen LogP contribution < -0.4 is 5.32 Å². The van der Waals surface area contributed by atoms with Crippen molar-refractivity contribution >= 4 is 5.82 Å². The molecule has 0 spiro atoms. The smallest absolute Gasteiger partial charge is 0.159 e. The molecule has 108 valence electrons. The Labute approximate surface area is 117 Å². The van der Waals surface area contributed by atoms with E-state index in [-0.39, 0.29) is 6.10 Å². The maximum absolute atomic E-state index is 5.71. The number of aromatic nitrogens is 2. The highest BCUT2D eigenvalue weighted by Crippen LogP contribution is 2.28. The van der Waals surface area contributed by atoms with E-state index < -0.39 is 0 Å². The second-order valence-electron chi connectivity index (χ2n) is 4.97. The molecule has 0 saturated heterocycles. The molecule has 0 aromatic carbocycles. The molecule has 1 heterocycles. The second-order valence-corrected chi connectivity index (χ2v) is 4.97. The van der Waals surface area contributed by atoms with Gasteiger partial charge < -0.3 is 10.1 Å². The van der Waals surface area contributed by atoms with Gasteiger partial charge in [-0.25, -0.2) is 9.97 Å². The molecule has 1 rings (SSSR count). The molecule has 1 aromatic rings. The monoisotopic (exact) mass is 265 g/mol. The summed E-state index contributed by atoms with van der Waals surface area (Å²) in [5.74, 6) is 2.16. The van der Waals surface area contributed by atoms with Gasteiger partial charge in [-0.15, -0.1) is 0 Å². The Hall–Kier alpha value is -1.16. The number of hydrogen-bond acceptors (Lipinski definition) is 4. The number of rotatable bonds is 7. The van der Waals surface area contributed by atoms with Crippen LogP contribution in [0.2, 0.25) is 0 Å². The lowest BCUT2D eigenvalue weighted by Gasteiger charge is -2.20. The van der Waals surface area contributed by atoms with Crippen molar-refractivity contribution in [1.29, 1.82) is 0 Å². The van der Waals surface area contributed by atoms with Crippen LogP contribution in [0.1, 0.15) is 70.1 Å². The van der Waals surface area contributed by atoms with Gasteiger partial charge in [0.2, 0.25) is 0 Å². The normalized spacial score (nSPS) is 12.8. The van der Waals surface area contributed by atoms with Crippen LogP contribution in [-0.2, 0) is 4.74 Å². The molecule has 4 nitrogen and oxygen atoms in total. The third-order valence-electron chi connectivity index (χ3n) is 3.10. The van der Waals surface area contributed by atoms with Gasteiger partial charge in [-0.05, 0) is 33.1 Å². The van der Waals surface area contributed by atoms with Gasteiger partial charge in [-0.3, -0.25) is 0 Å². The van der Waals surface area contributed by atoms with Crippen molar-refractivity contribution in [3.63, 3.8) is 0 Å². The van der Waals surface area contributed by atoms with Crippen LogP contribution in [0.4, 0.5) is 5.82 Å². The van der Waals surface area contributed by atoms with Gasteiger partial charge in [-0.1, -0.05) is 20.8 Å². The van der Waals surface area contributed by atoms with E-state index in [9.17, 15) is 0 Å². The zero-order valence-electron chi connectivity index (χ0n) is 13.1. The molecule has 0 aliphatic rings. The lowest BCUT2D eigenvalue weighted by Crippen LogP contribution is -2.14. The highest BCUT2D eigenvalue weighted by Gasteiger charge is 2.19. The van der Waals surface area contributed by atoms with Crippen LogP contribution in [0.3, 0.4) is 0 Å². The Balaban J connectivity index is 3.22. The minimum Gasteiger partial charge on any atom is -0.371 e. The lowest BCUT2D eigenvalue weighted by atomic mass is 10.0. The van der Waals surface area contributed by atoms with Gasteiger partial charge in [0.1, 0.15) is 11.9 Å². The summed E-state index contributed by atoms with van der Waals surface area (Å²) in [5.41, 5.74) is 2.26. The lowest BCUT2D eigenvalue weighted by molar-refractivity contribution is 0.0534. The molecule has 4 heteroatoms. The molecular formula is C15H27N3O. The molecule has 1 aromatic heterocycles. The molecular weight excluding hydrogens is 238 g/mol. The average Bonchev–Trinajstić information content (AvgIpc) is 2.35. The summed E-state index contributed by atoms with van der Waals surface area (Å²) in [7, 11) is 0. The molecule has 0 bridgehead atoms. The maximum Gasteiger partial charge on any atom is 0.159 e. The highest BCUT2D eigenvalue weighted by molar-refractivity contribution is 5.48. The van der Waals surface area contributed by atoms with Crippen molar-refractivity contribution < 1.29 is 4.74 Å². The Morgan fingerprint density at radius 2 is 1.84 bits per heavy atom. The third-order valence-corrected chi connectivity index (χ3v) is 3.10. The molecule has 0 aliphatic carbocycles. The fourth-order valence-corrected chi connectivity index (χ4v) is 2.32. The molecule has 0 amide bonds. The summed E-state index contributed by atoms with van der Waals surface area (Å²) in [6.45, 7) is 14.1. The van der Waals surface area contributed by atoms with E-state index in [0.717, 1.165) is 30.3 Å². The van der Waals surface area contributed by atoms with Crippen LogP contribution in [0, 0.1) is 6.92 Å². The minimum atomic E-state index is -0.0117. The number of nitrogens with zero attached hydrogens (tertiary/aromatic N) is 2. The zero-order valence-corrected chi connectivity index (χ0v) is 13.1. The van der Waals surface area contributed by atoms with Gasteiger partial charge in [0.15, 0.2) is 5.82 Å². The van der Waals surface area contributed by atoms with Crippen molar-refractivity contribution in [2.75, 3.05) is 18.5 Å². The first-order valence-electron chi connectivity index (χ1n) is 7.28. The van der Waals surface area contributed by atoms with Gasteiger partial charge in [0, 0.05) is 24.4 Å². The van der Waals surface area contributed by atoms with Gasteiger partial charge in [0.05, 0.1) is 0 Å². The Morgan fingerprint density at radius 1 is 1.16 bits per heavy atom. The number of anilines is 1. The van der Waals surface area contributed by atoms with E-state index in [1.807, 2.05) is 6.92 Å². The van der Waals surface area contributed by atoms with Crippen LogP contribution >= 0.6 is 0 Å². The van der Waals surface area contributed by atoms with Crippen LogP contribution in [0.15, 0.2) is 0 Å². The second kappa shape index (κ2) is 7.43. The predicted molar refractivity (Wildman–Crippen MR) is 79.7 cm³/mol. The van der Waals surface area contributed by atoms with Crippen molar-refractivity contribution in [3.05, 3.63) is 17.1 Å². The molecule has 0 saturated carbocycles. The van der Waals surface area contributed by atoms with Crippen LogP contribution in [0.25, 0.3) is 0 Å². The van der Waals surface area contributed by atoms with E-state index in [1.54, 1.807) is 0 Å². The minimum absolute atomic E-state index is 0.0117. The van der Waals surface area contributed by atoms with Crippen molar-refractivity contribution in [3.8, 4) is 0 Å². The summed E-state index contributed by atoms with van der Waals surface area (Å²) in [6.07, 6.45) is 0.877. The first kappa shape index (κ1) is 15.9. The number of hydrogen-bond donors (Lipinski definition) is 1. The molecule has 1 atom stereocenters. The highest BCUT2D eigenvalue weighted by atomic mass is 16.5. The molecule has 0 radical (unpaired) electrons. The molecule has 0 fully saturated rings. The topological polar surface area (TPSA) is 47.0 Å². The predicted octanol–water partition coefficient (Wildman–Crippen LogP) is 3.83. The first-order chi connectivity index (χ1) is 9.04. The molecule has 1 N–H and O–H groups in total. The van der Waals surface area contributed by atoms with E-state index >= 15 is 0 Å². The van der Waals surface area contributed by atoms with Gasteiger partial charge in [0.25, 0.3) is 0 Å². The number of nitrogens with one attached hydrogen (secondary N) is 1. The number of ether oxygens (including phenoxy) is 1. The summed E-state index contributed by atoms with van der Waals surface area (Å²) < 4.78 is 5.71. The van der Waals surface area contributed by atoms with Crippen molar-refractivity contribution in [2.45, 2.75) is 60.0 Å². The average molecular weight is 265 g/mol. The van der Waals surface area contributed by atoms with Crippen LogP contribution in [0.5, 0.6) is 0 Å². The van der Waals surface area contributed by atoms with E-state index in [1.165, 1.54) is 5.56 Å². The van der Waals surface area contributed by atoms with Gasteiger partial charge >= 0.3 is 0 Å². The molecule has 19 heavy (non-hydrogen) atoms. The standard InChI is InChI=1S/C15H27N3O/c1-7-12(19-9-3)14-17-11(6)13(10(4)5)15(18-14)16-8-2/h10,12H,7-9H2,1-6H3,(H,16,17,18). The molecule has 0 aliphatic heterocycles. The van der Waals surface area contributed by atoms with Gasteiger partial charge in [-0.2, -0.15) is 0 Å². The maximum atomic E-state index is 5.71. The van der Waals surface area contributed by atoms with E-state index in [4.69, 9.17) is 4.74 Å². The summed E-state index contributed by atoms with van der Waals surface area (Å²) in [4.78, 5) is 9.34. The zero-order chi connectivity index (χ0) is 14.4. The van der Waals surface area contributed by atoms with Crippen molar-refractivity contribution in [2.24, 2.45) is 0 Å². The summed E-state index contributed by atoms with van der Waals surface area (Å²) >= 11 is 0. The van der Waals surface area contributed by atoms with E-state index in [0.29, 0.717) is 12.5 Å². The largest absolute Gasteiger partial charge is 0.371 e. The Kier molecular flexibility index (Phi) is 6.22. The fourth-order valence-electron chi connectivity index (χ4n) is 2.32. The van der Waals surface area contributed by atoms with Crippen molar-refractivity contribution in [1.82, 2.24) is 9.97 Å². The Bertz CT molecular complexity index is 405. The Morgan fingerprint density at radius 3 is 2.32 bits per heavy atom. The summed E-state index contributed by atoms with van der Waals surface area (Å²) in [5, 5.41) is 3.35. The van der Waals surface area contributed by atoms with Crippen LogP contribution in [-0.4, -0.2) is 23.1 Å². The van der Waals surface area contributed by atoms with E-state index in [2.05, 4.69) is 49.9 Å². The summed E-state index contributed by atoms with van der Waals surface area (Å²) in [6, 6.07) is 0. The quantitative estimate of drug-likeness (QED) is 0.814. The fraction of sp³-hybridized carbons (Fsp3) is 0.733. The number of aryl methyl sites for hydroxylation is 1. The third kappa shape index (κ3) is 3.90. The first-order valence-corrected chi connectivity index (χ1v) is 7.28. The SMILES string of the molecule is CCNc1nc(C(CC)OCC)nc(C)c1C(C)C.